The molecular formula is C21H26N2O4. The highest BCUT2D eigenvalue weighted by molar-refractivity contribution is 5.92. The van der Waals surface area contributed by atoms with E-state index < -0.39 is 0 Å². The van der Waals surface area contributed by atoms with Crippen LogP contribution in [0.1, 0.15) is 24.5 Å². The van der Waals surface area contributed by atoms with Crippen molar-refractivity contribution < 1.29 is 19.1 Å². The van der Waals surface area contributed by atoms with Gasteiger partial charge in [-0.05, 0) is 42.3 Å². The van der Waals surface area contributed by atoms with Crippen LogP contribution in [0.25, 0.3) is 0 Å². The molecule has 0 heterocycles. The van der Waals surface area contributed by atoms with Gasteiger partial charge in [0, 0.05) is 32.1 Å². The van der Waals surface area contributed by atoms with Gasteiger partial charge in [-0.2, -0.15) is 0 Å². The molecular weight excluding hydrogens is 344 g/mol. The summed E-state index contributed by atoms with van der Waals surface area (Å²) in [6.45, 7) is 4.18. The predicted molar refractivity (Wildman–Crippen MR) is 105 cm³/mol. The molecule has 2 aromatic rings. The molecule has 0 unspecified atom stereocenters. The van der Waals surface area contributed by atoms with Gasteiger partial charge in [-0.3, -0.25) is 9.59 Å². The summed E-state index contributed by atoms with van der Waals surface area (Å²) in [4.78, 5) is 25.8. The van der Waals surface area contributed by atoms with E-state index in [4.69, 9.17) is 9.47 Å². The Hall–Kier alpha value is -3.02. The number of ether oxygens (including phenoxy) is 2. The molecule has 144 valence electrons. The van der Waals surface area contributed by atoms with Gasteiger partial charge in [0.1, 0.15) is 0 Å². The lowest BCUT2D eigenvalue weighted by atomic mass is 10.2. The molecule has 0 fully saturated rings. The van der Waals surface area contributed by atoms with Gasteiger partial charge in [0.05, 0.1) is 14.2 Å². The Balaban J connectivity index is 1.92. The van der Waals surface area contributed by atoms with Crippen molar-refractivity contribution in [3.63, 3.8) is 0 Å². The van der Waals surface area contributed by atoms with Crippen molar-refractivity contribution in [3.05, 3.63) is 53.6 Å². The van der Waals surface area contributed by atoms with Gasteiger partial charge in [0.15, 0.2) is 11.5 Å². The third-order valence-electron chi connectivity index (χ3n) is 4.19. The zero-order valence-corrected chi connectivity index (χ0v) is 16.2. The lowest BCUT2D eigenvalue weighted by Crippen LogP contribution is -2.33. The average Bonchev–Trinajstić information content (AvgIpc) is 2.66. The van der Waals surface area contributed by atoms with Gasteiger partial charge in [0.25, 0.3) is 0 Å². The zero-order chi connectivity index (χ0) is 19.8. The largest absolute Gasteiger partial charge is 0.493 e. The quantitative estimate of drug-likeness (QED) is 0.775. The second-order valence-electron chi connectivity index (χ2n) is 6.23. The van der Waals surface area contributed by atoms with Crippen LogP contribution in [-0.4, -0.2) is 32.6 Å². The summed E-state index contributed by atoms with van der Waals surface area (Å²) in [6, 6.07) is 13.2. The number of methoxy groups -OCH3 is 2. The minimum Gasteiger partial charge on any atom is -0.493 e. The van der Waals surface area contributed by atoms with Crippen LogP contribution in [0.3, 0.4) is 0 Å². The fourth-order valence-corrected chi connectivity index (χ4v) is 2.76. The first-order valence-electron chi connectivity index (χ1n) is 8.77. The first kappa shape index (κ1) is 20.3. The van der Waals surface area contributed by atoms with Crippen molar-refractivity contribution in [1.82, 2.24) is 5.32 Å². The molecule has 0 atom stereocenters. The summed E-state index contributed by atoms with van der Waals surface area (Å²) in [5, 5.41) is 2.87. The molecule has 0 aromatic heterocycles. The highest BCUT2D eigenvalue weighted by Crippen LogP contribution is 2.27. The normalized spacial score (nSPS) is 10.2. The van der Waals surface area contributed by atoms with Crippen LogP contribution in [-0.2, 0) is 16.1 Å². The van der Waals surface area contributed by atoms with Gasteiger partial charge in [0.2, 0.25) is 11.8 Å². The zero-order valence-electron chi connectivity index (χ0n) is 16.2. The molecule has 0 saturated heterocycles. The van der Waals surface area contributed by atoms with Crippen LogP contribution in [0.2, 0.25) is 0 Å². The number of hydrogen-bond donors (Lipinski definition) is 1. The molecule has 2 aromatic carbocycles. The molecule has 0 radical (unpaired) electrons. The maximum atomic E-state index is 12.2. The van der Waals surface area contributed by atoms with Crippen molar-refractivity contribution in [3.8, 4) is 11.5 Å². The van der Waals surface area contributed by atoms with Crippen LogP contribution in [0.4, 0.5) is 5.69 Å². The first-order chi connectivity index (χ1) is 12.9. The fourth-order valence-electron chi connectivity index (χ4n) is 2.76. The molecule has 0 aliphatic rings. The minimum atomic E-state index is -0.122. The Bertz CT molecular complexity index is 805. The summed E-state index contributed by atoms with van der Waals surface area (Å²) in [5.41, 5.74) is 2.77. The number of benzene rings is 2. The van der Waals surface area contributed by atoms with Crippen molar-refractivity contribution in [2.24, 2.45) is 0 Å². The molecule has 1 N–H and O–H groups in total. The first-order valence-corrected chi connectivity index (χ1v) is 8.77. The molecule has 27 heavy (non-hydrogen) atoms. The van der Waals surface area contributed by atoms with Crippen LogP contribution in [0, 0.1) is 6.92 Å². The number of carbonyl (C=O) groups excluding carboxylic acids is 2. The Kier molecular flexibility index (Phi) is 7.23. The molecule has 2 rings (SSSR count). The third-order valence-corrected chi connectivity index (χ3v) is 4.19. The molecule has 2 amide bonds. The number of anilines is 1. The average molecular weight is 370 g/mol. The number of nitrogens with zero attached hydrogens (tertiary/aromatic N) is 1. The molecule has 0 aliphatic heterocycles. The highest BCUT2D eigenvalue weighted by atomic mass is 16.5. The Morgan fingerprint density at radius 3 is 2.41 bits per heavy atom. The van der Waals surface area contributed by atoms with Crippen molar-refractivity contribution in [2.45, 2.75) is 26.8 Å². The second kappa shape index (κ2) is 9.62. The minimum absolute atomic E-state index is 0.0895. The number of hydrogen-bond acceptors (Lipinski definition) is 4. The smallest absolute Gasteiger partial charge is 0.223 e. The number of nitrogens with one attached hydrogen (secondary N) is 1. The van der Waals surface area contributed by atoms with E-state index in [-0.39, 0.29) is 18.2 Å². The molecule has 0 aliphatic carbocycles. The van der Waals surface area contributed by atoms with Crippen LogP contribution in [0.5, 0.6) is 11.5 Å². The van der Waals surface area contributed by atoms with Crippen molar-refractivity contribution in [1.29, 1.82) is 0 Å². The third kappa shape index (κ3) is 5.74. The van der Waals surface area contributed by atoms with Gasteiger partial charge in [-0.15, -0.1) is 0 Å². The summed E-state index contributed by atoms with van der Waals surface area (Å²) in [7, 11) is 3.15. The maximum Gasteiger partial charge on any atom is 0.223 e. The van der Waals surface area contributed by atoms with Crippen LogP contribution >= 0.6 is 0 Å². The summed E-state index contributed by atoms with van der Waals surface area (Å²) in [5.74, 6) is 1.05. The molecule has 0 spiro atoms. The van der Waals surface area contributed by atoms with E-state index in [0.717, 1.165) is 16.8 Å². The Morgan fingerprint density at radius 2 is 1.78 bits per heavy atom. The van der Waals surface area contributed by atoms with Crippen molar-refractivity contribution >= 4 is 17.5 Å². The fraction of sp³-hybridized carbons (Fsp3) is 0.333. The molecule has 6 nitrogen and oxygen atoms in total. The molecule has 0 bridgehead atoms. The summed E-state index contributed by atoms with van der Waals surface area (Å²) < 4.78 is 10.5. The Labute approximate surface area is 160 Å². The van der Waals surface area contributed by atoms with Gasteiger partial charge >= 0.3 is 0 Å². The van der Waals surface area contributed by atoms with E-state index in [1.54, 1.807) is 25.2 Å². The van der Waals surface area contributed by atoms with Gasteiger partial charge in [-0.25, -0.2) is 0 Å². The number of amides is 2. The Morgan fingerprint density at radius 1 is 1.04 bits per heavy atom. The predicted octanol–water partition coefficient (Wildman–Crippen LogP) is 3.07. The molecule has 0 saturated carbocycles. The second-order valence-corrected chi connectivity index (χ2v) is 6.23. The van der Waals surface area contributed by atoms with E-state index in [1.807, 2.05) is 43.3 Å². The standard InChI is InChI=1S/C21H26N2O4/c1-15-6-5-7-18(12-15)23(16(2)24)11-10-21(25)22-14-17-8-9-19(26-3)20(13-17)27-4/h5-9,12-13H,10-11,14H2,1-4H3,(H,22,25). The van der Waals surface area contributed by atoms with Crippen molar-refractivity contribution in [2.75, 3.05) is 25.7 Å². The monoisotopic (exact) mass is 370 g/mol. The summed E-state index contributed by atoms with van der Waals surface area (Å²) >= 11 is 0. The summed E-state index contributed by atoms with van der Waals surface area (Å²) in [6.07, 6.45) is 0.223. The van der Waals surface area contributed by atoms with E-state index >= 15 is 0 Å². The molecule has 6 heteroatoms. The van der Waals surface area contributed by atoms with Crippen LogP contribution in [0.15, 0.2) is 42.5 Å². The number of rotatable bonds is 8. The van der Waals surface area contributed by atoms with Crippen LogP contribution < -0.4 is 19.7 Å². The SMILES string of the molecule is COc1ccc(CNC(=O)CCN(C(C)=O)c2cccc(C)c2)cc1OC. The topological polar surface area (TPSA) is 67.9 Å². The van der Waals surface area contributed by atoms with E-state index in [2.05, 4.69) is 5.32 Å². The maximum absolute atomic E-state index is 12.2. The van der Waals surface area contributed by atoms with E-state index in [9.17, 15) is 9.59 Å². The number of carbonyl (C=O) groups is 2. The van der Waals surface area contributed by atoms with Gasteiger partial charge in [-0.1, -0.05) is 18.2 Å². The number of aryl methyl sites for hydroxylation is 1. The lowest BCUT2D eigenvalue weighted by molar-refractivity contribution is -0.121. The highest BCUT2D eigenvalue weighted by Gasteiger charge is 2.14. The lowest BCUT2D eigenvalue weighted by Gasteiger charge is -2.21. The van der Waals surface area contributed by atoms with E-state index in [0.29, 0.717) is 24.6 Å². The van der Waals surface area contributed by atoms with E-state index in [1.165, 1.54) is 6.92 Å². The van der Waals surface area contributed by atoms with Gasteiger partial charge < -0.3 is 19.7 Å².